The highest BCUT2D eigenvalue weighted by Crippen LogP contribution is 2.28. The number of ether oxygens (including phenoxy) is 1. The van der Waals surface area contributed by atoms with Gasteiger partial charge in [-0.15, -0.1) is 0 Å². The van der Waals surface area contributed by atoms with Crippen molar-refractivity contribution >= 4 is 5.69 Å². The Labute approximate surface area is 120 Å². The molecule has 0 saturated carbocycles. The predicted molar refractivity (Wildman–Crippen MR) is 80.0 cm³/mol. The van der Waals surface area contributed by atoms with E-state index in [1.165, 1.54) is 7.11 Å². The first-order valence-electron chi connectivity index (χ1n) is 6.80. The van der Waals surface area contributed by atoms with E-state index in [1.807, 2.05) is 6.07 Å². The maximum atomic E-state index is 11.0. The van der Waals surface area contributed by atoms with Crippen LogP contribution in [0.25, 0.3) is 0 Å². The van der Waals surface area contributed by atoms with Crippen molar-refractivity contribution in [1.82, 2.24) is 5.32 Å². The lowest BCUT2D eigenvalue weighted by molar-refractivity contribution is -0.385. The summed E-state index contributed by atoms with van der Waals surface area (Å²) in [6.45, 7) is 10.3. The van der Waals surface area contributed by atoms with Crippen molar-refractivity contribution in [3.63, 3.8) is 0 Å². The maximum Gasteiger partial charge on any atom is 0.311 e. The fourth-order valence-corrected chi connectivity index (χ4v) is 1.72. The molecule has 1 aromatic carbocycles. The summed E-state index contributed by atoms with van der Waals surface area (Å²) in [4.78, 5) is 10.5. The standard InChI is InChI=1S/C15H24N2O3/c1-11(2)15(3,4)10-16-9-12-6-7-14(20-5)13(8-12)17(18)19/h6-8,11,16H,9-10H2,1-5H3. The first-order valence-corrected chi connectivity index (χ1v) is 6.80. The quantitative estimate of drug-likeness (QED) is 0.614. The van der Waals surface area contributed by atoms with Gasteiger partial charge in [0.25, 0.3) is 0 Å². The second kappa shape index (κ2) is 6.70. The summed E-state index contributed by atoms with van der Waals surface area (Å²) in [5.41, 5.74) is 1.09. The van der Waals surface area contributed by atoms with E-state index in [4.69, 9.17) is 4.74 Å². The molecule has 0 aromatic heterocycles. The van der Waals surface area contributed by atoms with Gasteiger partial charge in [0.05, 0.1) is 12.0 Å². The second-order valence-electron chi connectivity index (χ2n) is 6.01. The number of hydrogen-bond donors (Lipinski definition) is 1. The highest BCUT2D eigenvalue weighted by atomic mass is 16.6. The Hall–Kier alpha value is -1.62. The molecule has 0 aliphatic rings. The third-order valence-electron chi connectivity index (χ3n) is 3.91. The highest BCUT2D eigenvalue weighted by Gasteiger charge is 2.21. The molecule has 5 nitrogen and oxygen atoms in total. The van der Waals surface area contributed by atoms with Crippen molar-refractivity contribution in [2.24, 2.45) is 11.3 Å². The van der Waals surface area contributed by atoms with Gasteiger partial charge in [-0.2, -0.15) is 0 Å². The largest absolute Gasteiger partial charge is 0.490 e. The minimum Gasteiger partial charge on any atom is -0.490 e. The van der Waals surface area contributed by atoms with Gasteiger partial charge in [-0.3, -0.25) is 10.1 Å². The smallest absolute Gasteiger partial charge is 0.311 e. The van der Waals surface area contributed by atoms with Crippen LogP contribution < -0.4 is 10.1 Å². The lowest BCUT2D eigenvalue weighted by Gasteiger charge is -2.29. The summed E-state index contributed by atoms with van der Waals surface area (Å²) in [5, 5.41) is 14.3. The molecular weight excluding hydrogens is 256 g/mol. The third kappa shape index (κ3) is 4.20. The van der Waals surface area contributed by atoms with E-state index in [1.54, 1.807) is 12.1 Å². The average molecular weight is 280 g/mol. The fraction of sp³-hybridized carbons (Fsp3) is 0.600. The number of nitrogens with one attached hydrogen (secondary N) is 1. The Kier molecular flexibility index (Phi) is 5.51. The number of benzene rings is 1. The van der Waals surface area contributed by atoms with Crippen LogP contribution in [0.5, 0.6) is 5.75 Å². The molecule has 0 bridgehead atoms. The Balaban J connectivity index is 2.70. The van der Waals surface area contributed by atoms with Crippen LogP contribution in [0.15, 0.2) is 18.2 Å². The van der Waals surface area contributed by atoms with Crippen LogP contribution in [-0.4, -0.2) is 18.6 Å². The van der Waals surface area contributed by atoms with Gasteiger partial charge in [-0.25, -0.2) is 0 Å². The second-order valence-corrected chi connectivity index (χ2v) is 6.01. The summed E-state index contributed by atoms with van der Waals surface area (Å²) in [5.74, 6) is 0.862. The molecule has 0 amide bonds. The van der Waals surface area contributed by atoms with Crippen molar-refractivity contribution in [3.8, 4) is 5.75 Å². The minimum absolute atomic E-state index is 0.00918. The molecule has 0 unspecified atom stereocenters. The van der Waals surface area contributed by atoms with Crippen LogP contribution in [0.3, 0.4) is 0 Å². The molecule has 20 heavy (non-hydrogen) atoms. The van der Waals surface area contributed by atoms with E-state index < -0.39 is 4.92 Å². The predicted octanol–water partition coefficient (Wildman–Crippen LogP) is 3.38. The lowest BCUT2D eigenvalue weighted by Crippen LogP contribution is -2.33. The van der Waals surface area contributed by atoms with Gasteiger partial charge in [0, 0.05) is 19.2 Å². The third-order valence-corrected chi connectivity index (χ3v) is 3.91. The molecule has 0 fully saturated rings. The fourth-order valence-electron chi connectivity index (χ4n) is 1.72. The summed E-state index contributed by atoms with van der Waals surface area (Å²) < 4.78 is 4.99. The number of methoxy groups -OCH3 is 1. The van der Waals surface area contributed by atoms with Crippen molar-refractivity contribution in [2.75, 3.05) is 13.7 Å². The zero-order valence-electron chi connectivity index (χ0n) is 12.9. The lowest BCUT2D eigenvalue weighted by atomic mass is 9.81. The molecule has 0 atom stereocenters. The summed E-state index contributed by atoms with van der Waals surface area (Å²) in [6.07, 6.45) is 0. The molecule has 112 valence electrons. The summed E-state index contributed by atoms with van der Waals surface area (Å²) >= 11 is 0. The number of nitro groups is 1. The summed E-state index contributed by atoms with van der Waals surface area (Å²) in [6, 6.07) is 5.05. The van der Waals surface area contributed by atoms with E-state index in [9.17, 15) is 10.1 Å². The van der Waals surface area contributed by atoms with E-state index in [0.29, 0.717) is 18.2 Å². The molecular formula is C15H24N2O3. The van der Waals surface area contributed by atoms with Crippen molar-refractivity contribution < 1.29 is 9.66 Å². The molecule has 0 aliphatic heterocycles. The van der Waals surface area contributed by atoms with Gasteiger partial charge < -0.3 is 10.1 Å². The Morgan fingerprint density at radius 1 is 1.40 bits per heavy atom. The van der Waals surface area contributed by atoms with Crippen molar-refractivity contribution in [2.45, 2.75) is 34.2 Å². The van der Waals surface area contributed by atoms with Crippen LogP contribution in [0.2, 0.25) is 0 Å². The minimum atomic E-state index is -0.416. The van der Waals surface area contributed by atoms with Crippen LogP contribution in [0.4, 0.5) is 5.69 Å². The molecule has 0 heterocycles. The molecule has 0 radical (unpaired) electrons. The van der Waals surface area contributed by atoms with Crippen molar-refractivity contribution in [1.29, 1.82) is 0 Å². The van der Waals surface area contributed by atoms with E-state index in [-0.39, 0.29) is 11.1 Å². The van der Waals surface area contributed by atoms with Gasteiger partial charge in [-0.1, -0.05) is 33.8 Å². The summed E-state index contributed by atoms with van der Waals surface area (Å²) in [7, 11) is 1.44. The average Bonchev–Trinajstić information content (AvgIpc) is 2.38. The number of rotatable bonds is 7. The SMILES string of the molecule is COc1ccc(CNCC(C)(C)C(C)C)cc1[N+](=O)[O-]. The molecule has 0 saturated heterocycles. The maximum absolute atomic E-state index is 11.0. The van der Waals surface area contributed by atoms with Crippen LogP contribution in [0.1, 0.15) is 33.3 Å². The zero-order chi connectivity index (χ0) is 15.3. The molecule has 0 aliphatic carbocycles. The van der Waals surface area contributed by atoms with Gasteiger partial charge in [-0.05, 0) is 23.0 Å². The van der Waals surface area contributed by atoms with E-state index in [2.05, 4.69) is 33.0 Å². The van der Waals surface area contributed by atoms with E-state index in [0.717, 1.165) is 12.1 Å². The van der Waals surface area contributed by atoms with Crippen LogP contribution in [0, 0.1) is 21.4 Å². The topological polar surface area (TPSA) is 64.4 Å². The van der Waals surface area contributed by atoms with Crippen molar-refractivity contribution in [3.05, 3.63) is 33.9 Å². The zero-order valence-corrected chi connectivity index (χ0v) is 12.9. The number of nitrogens with zero attached hydrogens (tertiary/aromatic N) is 1. The van der Waals surface area contributed by atoms with Gasteiger partial charge in [0.15, 0.2) is 5.75 Å². The van der Waals surface area contributed by atoms with Crippen LogP contribution >= 0.6 is 0 Å². The Morgan fingerprint density at radius 2 is 2.05 bits per heavy atom. The molecule has 5 heteroatoms. The monoisotopic (exact) mass is 280 g/mol. The van der Waals surface area contributed by atoms with Gasteiger partial charge in [0.2, 0.25) is 0 Å². The molecule has 1 aromatic rings. The number of hydrogen-bond acceptors (Lipinski definition) is 4. The first-order chi connectivity index (χ1) is 9.27. The van der Waals surface area contributed by atoms with E-state index >= 15 is 0 Å². The number of nitro benzene ring substituents is 1. The molecule has 0 spiro atoms. The highest BCUT2D eigenvalue weighted by molar-refractivity contribution is 5.48. The Bertz CT molecular complexity index is 470. The Morgan fingerprint density at radius 3 is 2.55 bits per heavy atom. The first kappa shape index (κ1) is 16.4. The van der Waals surface area contributed by atoms with Crippen LogP contribution in [-0.2, 0) is 6.54 Å². The molecule has 1 rings (SSSR count). The normalized spacial score (nSPS) is 11.7. The molecule has 1 N–H and O–H groups in total. The van der Waals surface area contributed by atoms with Gasteiger partial charge >= 0.3 is 5.69 Å². The van der Waals surface area contributed by atoms with Gasteiger partial charge in [0.1, 0.15) is 0 Å².